The summed E-state index contributed by atoms with van der Waals surface area (Å²) in [4.78, 5) is 0. The first-order valence-electron chi connectivity index (χ1n) is 7.76. The van der Waals surface area contributed by atoms with Gasteiger partial charge < -0.3 is 9.05 Å². The predicted molar refractivity (Wildman–Crippen MR) is 80.5 cm³/mol. The highest BCUT2D eigenvalue weighted by Crippen LogP contribution is 2.56. The van der Waals surface area contributed by atoms with Crippen LogP contribution in [0.3, 0.4) is 0 Å². The van der Waals surface area contributed by atoms with Crippen LogP contribution in [-0.2, 0) is 20.0 Å². The Morgan fingerprint density at radius 1 is 1.10 bits per heavy atom. The van der Waals surface area contributed by atoms with Crippen molar-refractivity contribution in [3.63, 3.8) is 0 Å². The van der Waals surface area contributed by atoms with Crippen LogP contribution >= 0.6 is 7.60 Å². The van der Waals surface area contributed by atoms with E-state index in [2.05, 4.69) is 13.0 Å². The van der Waals surface area contributed by atoms with Crippen LogP contribution in [0.25, 0.3) is 0 Å². The van der Waals surface area contributed by atoms with Crippen LogP contribution in [0, 0.1) is 0 Å². The zero-order valence-corrected chi connectivity index (χ0v) is 13.0. The monoisotopic (exact) mass is 294 g/mol. The van der Waals surface area contributed by atoms with Crippen molar-refractivity contribution in [1.29, 1.82) is 0 Å². The second-order valence-electron chi connectivity index (χ2n) is 5.84. The van der Waals surface area contributed by atoms with Crippen LogP contribution in [0.15, 0.2) is 24.3 Å². The number of benzene rings is 1. The smallest absolute Gasteiger partial charge is 0.302 e. The van der Waals surface area contributed by atoms with Crippen molar-refractivity contribution in [3.05, 3.63) is 29.8 Å². The second kappa shape index (κ2) is 6.01. The molecule has 0 unspecified atom stereocenters. The van der Waals surface area contributed by atoms with Crippen LogP contribution in [0.1, 0.15) is 51.0 Å². The molecular weight excluding hydrogens is 271 g/mol. The first-order chi connectivity index (χ1) is 9.71. The number of unbranched alkanes of at least 4 members (excludes halogenated alkanes) is 1. The van der Waals surface area contributed by atoms with E-state index in [9.17, 15) is 4.57 Å². The van der Waals surface area contributed by atoms with Crippen molar-refractivity contribution in [1.82, 2.24) is 0 Å². The number of rotatable bonds is 8. The summed E-state index contributed by atoms with van der Waals surface area (Å²) in [5.41, 5.74) is 1.12. The van der Waals surface area contributed by atoms with E-state index in [1.165, 1.54) is 0 Å². The second-order valence-corrected chi connectivity index (χ2v) is 7.74. The van der Waals surface area contributed by atoms with Gasteiger partial charge in [0.2, 0.25) is 0 Å². The summed E-state index contributed by atoms with van der Waals surface area (Å²) in [6.45, 7) is 2.17. The topological polar surface area (TPSA) is 35.5 Å². The van der Waals surface area contributed by atoms with E-state index in [4.69, 9.17) is 9.05 Å². The van der Waals surface area contributed by atoms with Crippen LogP contribution in [-0.4, -0.2) is 12.2 Å². The van der Waals surface area contributed by atoms with Crippen molar-refractivity contribution in [2.75, 3.05) is 0 Å². The molecule has 3 rings (SSSR count). The molecule has 1 aromatic carbocycles. The van der Waals surface area contributed by atoms with Crippen molar-refractivity contribution in [2.24, 2.45) is 0 Å². The van der Waals surface area contributed by atoms with Gasteiger partial charge in [0.05, 0.1) is 17.5 Å². The van der Waals surface area contributed by atoms with Gasteiger partial charge in [-0.3, -0.25) is 4.57 Å². The molecular formula is C16H23O3P. The highest BCUT2D eigenvalue weighted by Gasteiger charge is 2.41. The van der Waals surface area contributed by atoms with Crippen LogP contribution < -0.4 is 5.30 Å². The molecule has 0 atom stereocenters. The minimum atomic E-state index is -3.14. The van der Waals surface area contributed by atoms with Crippen LogP contribution in [0.5, 0.6) is 0 Å². The van der Waals surface area contributed by atoms with Gasteiger partial charge in [-0.25, -0.2) is 0 Å². The molecule has 2 saturated carbocycles. The summed E-state index contributed by atoms with van der Waals surface area (Å²) in [5, 5.41) is 0.798. The molecule has 1 aromatic rings. The maximum absolute atomic E-state index is 13.3. The Balaban J connectivity index is 1.86. The fourth-order valence-corrected chi connectivity index (χ4v) is 4.52. The molecule has 0 N–H and O–H groups in total. The Bertz CT molecular complexity index is 488. The van der Waals surface area contributed by atoms with E-state index in [1.54, 1.807) is 0 Å². The molecule has 2 fully saturated rings. The third-order valence-corrected chi connectivity index (χ3v) is 5.89. The first-order valence-corrected chi connectivity index (χ1v) is 9.31. The number of hydrogen-bond acceptors (Lipinski definition) is 3. The third-order valence-electron chi connectivity index (χ3n) is 3.71. The lowest BCUT2D eigenvalue weighted by Crippen LogP contribution is -2.17. The van der Waals surface area contributed by atoms with Gasteiger partial charge in [-0.05, 0) is 50.2 Å². The first kappa shape index (κ1) is 14.3. The van der Waals surface area contributed by atoms with Gasteiger partial charge >= 0.3 is 7.60 Å². The quantitative estimate of drug-likeness (QED) is 0.674. The van der Waals surface area contributed by atoms with Crippen LogP contribution in [0.2, 0.25) is 0 Å². The van der Waals surface area contributed by atoms with Gasteiger partial charge in [0.25, 0.3) is 0 Å². The van der Waals surface area contributed by atoms with Gasteiger partial charge in [-0.1, -0.05) is 31.5 Å². The average Bonchev–Trinajstić information content (AvgIpc) is 3.34. The zero-order valence-electron chi connectivity index (χ0n) is 12.1. The van der Waals surface area contributed by atoms with E-state index in [0.29, 0.717) is 0 Å². The Hall–Kier alpha value is -0.630. The summed E-state index contributed by atoms with van der Waals surface area (Å²) in [5.74, 6) is 0. The summed E-state index contributed by atoms with van der Waals surface area (Å²) in [6, 6.07) is 7.93. The third kappa shape index (κ3) is 3.52. The molecule has 2 aliphatic rings. The minimum absolute atomic E-state index is 0.138. The molecule has 2 aliphatic carbocycles. The largest absolute Gasteiger partial charge is 0.362 e. The molecule has 110 valence electrons. The Morgan fingerprint density at radius 2 is 1.70 bits per heavy atom. The van der Waals surface area contributed by atoms with E-state index < -0.39 is 7.60 Å². The van der Waals surface area contributed by atoms with Gasteiger partial charge in [0, 0.05) is 0 Å². The Kier molecular flexibility index (Phi) is 4.30. The summed E-state index contributed by atoms with van der Waals surface area (Å²) in [7, 11) is -3.14. The lowest BCUT2D eigenvalue weighted by molar-refractivity contribution is 0.198. The van der Waals surface area contributed by atoms with Gasteiger partial charge in [-0.2, -0.15) is 0 Å². The average molecular weight is 294 g/mol. The predicted octanol–water partition coefficient (Wildman–Crippen LogP) is 4.21. The Labute approximate surface area is 121 Å². The maximum Gasteiger partial charge on any atom is 0.362 e. The molecule has 4 heteroatoms. The van der Waals surface area contributed by atoms with Gasteiger partial charge in [-0.15, -0.1) is 0 Å². The van der Waals surface area contributed by atoms with E-state index in [1.807, 2.05) is 18.2 Å². The molecule has 0 spiro atoms. The van der Waals surface area contributed by atoms with E-state index in [0.717, 1.165) is 55.8 Å². The highest BCUT2D eigenvalue weighted by molar-refractivity contribution is 7.62. The zero-order chi connectivity index (χ0) is 14.0. The van der Waals surface area contributed by atoms with Crippen LogP contribution in [0.4, 0.5) is 0 Å². The summed E-state index contributed by atoms with van der Waals surface area (Å²) in [6.07, 6.45) is 7.49. The van der Waals surface area contributed by atoms with Crippen molar-refractivity contribution in [3.8, 4) is 0 Å². The number of aryl methyl sites for hydroxylation is 1. The summed E-state index contributed by atoms with van der Waals surface area (Å²) >= 11 is 0. The molecule has 0 radical (unpaired) electrons. The molecule has 3 nitrogen and oxygen atoms in total. The SMILES string of the molecule is CCCCc1ccccc1P(=O)(OC1CC1)OC1CC1. The van der Waals surface area contributed by atoms with Gasteiger partial charge in [0.15, 0.2) is 0 Å². The molecule has 0 aliphatic heterocycles. The van der Waals surface area contributed by atoms with Gasteiger partial charge in [0.1, 0.15) is 0 Å². The standard InChI is InChI=1S/C16H23O3P/c1-2-3-6-13-7-4-5-8-16(13)20(17,18-14-9-10-14)19-15-11-12-15/h4-5,7-8,14-15H,2-3,6,9-12H2,1H3. The Morgan fingerprint density at radius 3 is 2.25 bits per heavy atom. The summed E-state index contributed by atoms with van der Waals surface area (Å²) < 4.78 is 24.9. The van der Waals surface area contributed by atoms with Crippen molar-refractivity contribution >= 4 is 12.9 Å². The fourth-order valence-electron chi connectivity index (χ4n) is 2.23. The molecule has 0 heterocycles. The molecule has 0 saturated heterocycles. The number of hydrogen-bond donors (Lipinski definition) is 0. The van der Waals surface area contributed by atoms with E-state index in [-0.39, 0.29) is 12.2 Å². The van der Waals surface area contributed by atoms with Crippen molar-refractivity contribution < 1.29 is 13.6 Å². The molecule has 0 amide bonds. The minimum Gasteiger partial charge on any atom is -0.302 e. The lowest BCUT2D eigenvalue weighted by Gasteiger charge is -2.21. The molecule has 0 bridgehead atoms. The highest BCUT2D eigenvalue weighted by atomic mass is 31.2. The van der Waals surface area contributed by atoms with Crippen molar-refractivity contribution in [2.45, 2.75) is 64.1 Å². The molecule has 0 aromatic heterocycles. The lowest BCUT2D eigenvalue weighted by atomic mass is 10.1. The maximum atomic E-state index is 13.3. The normalized spacial score (nSPS) is 19.2. The fraction of sp³-hybridized carbons (Fsp3) is 0.625. The van der Waals surface area contributed by atoms with E-state index >= 15 is 0 Å². The molecule has 20 heavy (non-hydrogen) atoms.